The van der Waals surface area contributed by atoms with Crippen LogP contribution in [0.25, 0.3) is 10.9 Å². The number of benzene rings is 1. The van der Waals surface area contributed by atoms with Gasteiger partial charge in [0.1, 0.15) is 17.0 Å². The van der Waals surface area contributed by atoms with Crippen molar-refractivity contribution in [3.63, 3.8) is 0 Å². The minimum absolute atomic E-state index is 0.531. The minimum atomic E-state index is 0.531. The van der Waals surface area contributed by atoms with Crippen LogP contribution in [0, 0.1) is 0 Å². The van der Waals surface area contributed by atoms with Crippen LogP contribution in [0.2, 0.25) is 0 Å². The second kappa shape index (κ2) is 5.57. The van der Waals surface area contributed by atoms with Gasteiger partial charge in [0.25, 0.3) is 0 Å². The number of fused-ring (bicyclic) bond motifs is 1. The Morgan fingerprint density at radius 3 is 2.55 bits per heavy atom. The van der Waals surface area contributed by atoms with Gasteiger partial charge in [0.2, 0.25) is 5.88 Å². The second-order valence-electron chi connectivity index (χ2n) is 4.17. The first-order valence-electron chi connectivity index (χ1n) is 6.48. The van der Waals surface area contributed by atoms with Crippen molar-refractivity contribution in [2.24, 2.45) is 0 Å². The molecule has 0 radical (unpaired) electrons. The fourth-order valence-electron chi connectivity index (χ4n) is 1.97. The second-order valence-corrected chi connectivity index (χ2v) is 4.17. The summed E-state index contributed by atoms with van der Waals surface area (Å²) in [6.07, 6.45) is 3.40. The molecule has 2 aromatic heterocycles. The fourth-order valence-corrected chi connectivity index (χ4v) is 1.97. The average molecular weight is 266 g/mol. The van der Waals surface area contributed by atoms with E-state index in [2.05, 4.69) is 9.97 Å². The molecule has 0 aliphatic carbocycles. The Hall–Kier alpha value is -2.62. The van der Waals surface area contributed by atoms with Crippen LogP contribution in [0.1, 0.15) is 6.92 Å². The molecule has 3 aromatic rings. The van der Waals surface area contributed by atoms with Crippen molar-refractivity contribution < 1.29 is 9.47 Å². The third-order valence-corrected chi connectivity index (χ3v) is 2.84. The standard InChI is InChI=1S/C16H14N2O2/c1-2-19-16-15-13(8-10-18-16)14(9-11-17-15)20-12-6-4-3-5-7-12/h3-11H,2H2,1H3. The Morgan fingerprint density at radius 1 is 0.950 bits per heavy atom. The first kappa shape index (κ1) is 12.4. The molecule has 1 aromatic carbocycles. The molecule has 100 valence electrons. The molecule has 4 nitrogen and oxygen atoms in total. The van der Waals surface area contributed by atoms with Crippen LogP contribution in [0.15, 0.2) is 54.9 Å². The first-order chi connectivity index (χ1) is 9.88. The lowest BCUT2D eigenvalue weighted by molar-refractivity contribution is 0.330. The van der Waals surface area contributed by atoms with E-state index >= 15 is 0 Å². The molecule has 0 aliphatic heterocycles. The minimum Gasteiger partial charge on any atom is -0.476 e. The van der Waals surface area contributed by atoms with Gasteiger partial charge in [-0.15, -0.1) is 0 Å². The summed E-state index contributed by atoms with van der Waals surface area (Å²) < 4.78 is 11.4. The van der Waals surface area contributed by atoms with Crippen molar-refractivity contribution in [3.05, 3.63) is 54.9 Å². The number of para-hydroxylation sites is 1. The molecule has 0 atom stereocenters. The lowest BCUT2D eigenvalue weighted by Crippen LogP contribution is -1.97. The maximum absolute atomic E-state index is 5.90. The van der Waals surface area contributed by atoms with Crippen LogP contribution in [0.5, 0.6) is 17.4 Å². The molecular weight excluding hydrogens is 252 g/mol. The molecule has 20 heavy (non-hydrogen) atoms. The number of rotatable bonds is 4. The summed E-state index contributed by atoms with van der Waals surface area (Å²) in [5.74, 6) is 2.06. The number of hydrogen-bond acceptors (Lipinski definition) is 4. The van der Waals surface area contributed by atoms with Gasteiger partial charge in [-0.25, -0.2) is 4.98 Å². The summed E-state index contributed by atoms with van der Waals surface area (Å²) in [4.78, 5) is 8.54. The van der Waals surface area contributed by atoms with Crippen LogP contribution in [-0.2, 0) is 0 Å². The van der Waals surface area contributed by atoms with E-state index in [0.717, 1.165) is 16.9 Å². The topological polar surface area (TPSA) is 44.2 Å². The van der Waals surface area contributed by atoms with Crippen molar-refractivity contribution in [2.75, 3.05) is 6.61 Å². The summed E-state index contributed by atoms with van der Waals surface area (Å²) in [7, 11) is 0. The van der Waals surface area contributed by atoms with Crippen molar-refractivity contribution in [2.45, 2.75) is 6.92 Å². The van der Waals surface area contributed by atoms with Crippen LogP contribution in [-0.4, -0.2) is 16.6 Å². The maximum Gasteiger partial charge on any atom is 0.240 e. The summed E-state index contributed by atoms with van der Waals surface area (Å²) in [6, 6.07) is 13.4. The van der Waals surface area contributed by atoms with Crippen LogP contribution < -0.4 is 9.47 Å². The zero-order chi connectivity index (χ0) is 13.8. The molecule has 0 amide bonds. The highest BCUT2D eigenvalue weighted by Gasteiger charge is 2.09. The number of ether oxygens (including phenoxy) is 2. The molecular formula is C16H14N2O2. The predicted octanol–water partition coefficient (Wildman–Crippen LogP) is 3.82. The van der Waals surface area contributed by atoms with E-state index < -0.39 is 0 Å². The van der Waals surface area contributed by atoms with Crippen LogP contribution in [0.3, 0.4) is 0 Å². The van der Waals surface area contributed by atoms with Gasteiger partial charge in [-0.1, -0.05) is 18.2 Å². The molecule has 4 heteroatoms. The largest absolute Gasteiger partial charge is 0.476 e. The van der Waals surface area contributed by atoms with Crippen molar-refractivity contribution >= 4 is 10.9 Å². The summed E-state index contributed by atoms with van der Waals surface area (Å²) in [6.45, 7) is 2.47. The van der Waals surface area contributed by atoms with Crippen molar-refractivity contribution in [1.29, 1.82) is 0 Å². The monoisotopic (exact) mass is 266 g/mol. The third kappa shape index (κ3) is 2.40. The lowest BCUT2D eigenvalue weighted by Gasteiger charge is -2.10. The third-order valence-electron chi connectivity index (χ3n) is 2.84. The zero-order valence-corrected chi connectivity index (χ0v) is 11.1. The van der Waals surface area contributed by atoms with E-state index in [1.165, 1.54) is 0 Å². The summed E-state index contributed by atoms with van der Waals surface area (Å²) in [5.41, 5.74) is 0.711. The van der Waals surface area contributed by atoms with E-state index in [1.54, 1.807) is 12.4 Å². The SMILES string of the molecule is CCOc1nccc2c(Oc3ccccc3)ccnc12. The lowest BCUT2D eigenvalue weighted by atomic mass is 10.2. The quantitative estimate of drug-likeness (QED) is 0.720. The molecule has 0 saturated heterocycles. The summed E-state index contributed by atoms with van der Waals surface area (Å²) in [5, 5.41) is 0.884. The van der Waals surface area contributed by atoms with E-state index in [9.17, 15) is 0 Å². The Kier molecular flexibility index (Phi) is 3.46. The molecule has 0 unspecified atom stereocenters. The van der Waals surface area contributed by atoms with Gasteiger partial charge in [0.05, 0.1) is 12.0 Å². The summed E-state index contributed by atoms with van der Waals surface area (Å²) >= 11 is 0. The predicted molar refractivity (Wildman–Crippen MR) is 77.2 cm³/mol. The number of nitrogens with zero attached hydrogens (tertiary/aromatic N) is 2. The highest BCUT2D eigenvalue weighted by molar-refractivity contribution is 5.88. The zero-order valence-electron chi connectivity index (χ0n) is 11.1. The van der Waals surface area contributed by atoms with E-state index in [0.29, 0.717) is 18.0 Å². The molecule has 0 aliphatic rings. The van der Waals surface area contributed by atoms with Crippen molar-refractivity contribution in [1.82, 2.24) is 9.97 Å². The Bertz CT molecular complexity index is 714. The maximum atomic E-state index is 5.90. The fraction of sp³-hybridized carbons (Fsp3) is 0.125. The molecule has 3 rings (SSSR count). The molecule has 0 bridgehead atoms. The van der Waals surface area contributed by atoms with Gasteiger partial charge >= 0.3 is 0 Å². The number of aromatic nitrogens is 2. The average Bonchev–Trinajstić information content (AvgIpc) is 2.50. The molecule has 0 spiro atoms. The Balaban J connectivity index is 2.06. The molecule has 2 heterocycles. The van der Waals surface area contributed by atoms with Crippen LogP contribution in [0.4, 0.5) is 0 Å². The number of hydrogen-bond donors (Lipinski definition) is 0. The van der Waals surface area contributed by atoms with Gasteiger partial charge in [-0.2, -0.15) is 0 Å². The Labute approximate surface area is 117 Å². The first-order valence-corrected chi connectivity index (χ1v) is 6.48. The van der Waals surface area contributed by atoms with Gasteiger partial charge in [-0.3, -0.25) is 4.98 Å². The van der Waals surface area contributed by atoms with Gasteiger partial charge < -0.3 is 9.47 Å². The van der Waals surface area contributed by atoms with Gasteiger partial charge in [0.15, 0.2) is 0 Å². The Morgan fingerprint density at radius 2 is 1.75 bits per heavy atom. The van der Waals surface area contributed by atoms with Crippen molar-refractivity contribution in [3.8, 4) is 17.4 Å². The van der Waals surface area contributed by atoms with E-state index in [-0.39, 0.29) is 0 Å². The van der Waals surface area contributed by atoms with Crippen LogP contribution >= 0.6 is 0 Å². The highest BCUT2D eigenvalue weighted by Crippen LogP contribution is 2.31. The van der Waals surface area contributed by atoms with Gasteiger partial charge in [0, 0.05) is 12.4 Å². The van der Waals surface area contributed by atoms with Gasteiger partial charge in [-0.05, 0) is 31.2 Å². The number of pyridine rings is 2. The highest BCUT2D eigenvalue weighted by atomic mass is 16.5. The molecule has 0 N–H and O–H groups in total. The molecule has 0 fully saturated rings. The normalized spacial score (nSPS) is 10.4. The smallest absolute Gasteiger partial charge is 0.240 e. The molecule has 0 saturated carbocycles. The van der Waals surface area contributed by atoms with E-state index in [4.69, 9.17) is 9.47 Å². The van der Waals surface area contributed by atoms with E-state index in [1.807, 2.05) is 49.4 Å².